The lowest BCUT2D eigenvalue weighted by Gasteiger charge is -2.22. The molecule has 0 aliphatic carbocycles. The van der Waals surface area contributed by atoms with Crippen molar-refractivity contribution in [3.05, 3.63) is 77.6 Å². The van der Waals surface area contributed by atoms with Crippen LogP contribution in [0.3, 0.4) is 0 Å². The minimum atomic E-state index is -0.134. The van der Waals surface area contributed by atoms with Crippen molar-refractivity contribution in [3.63, 3.8) is 0 Å². The number of hydrogen-bond acceptors (Lipinski definition) is 3. The number of carbonyl (C=O) groups is 1. The van der Waals surface area contributed by atoms with E-state index in [0.29, 0.717) is 18.3 Å². The number of carbonyl (C=O) groups excluding carboxylic acids is 1. The van der Waals surface area contributed by atoms with E-state index >= 15 is 0 Å². The van der Waals surface area contributed by atoms with Crippen molar-refractivity contribution in [2.24, 2.45) is 0 Å². The summed E-state index contributed by atoms with van der Waals surface area (Å²) in [6.07, 6.45) is 4.15. The van der Waals surface area contributed by atoms with Gasteiger partial charge in [0.15, 0.2) is 0 Å². The molecule has 0 spiro atoms. The standard InChI is InChI=1S/C23H26N4O/c1-17-4-2-5-20(14-17)19-9-7-18(8-10-19)15-25-23(28)22-11-13-27(26-22)21-6-3-12-24-16-21/h2,4-5,7-11,13-14,21,24H,3,6,12,15-16H2,1H3,(H,25,28). The zero-order valence-electron chi connectivity index (χ0n) is 16.2. The molecule has 1 aliphatic rings. The van der Waals surface area contributed by atoms with Gasteiger partial charge in [-0.25, -0.2) is 0 Å². The molecule has 5 nitrogen and oxygen atoms in total. The molecule has 0 radical (unpaired) electrons. The van der Waals surface area contributed by atoms with Crippen molar-refractivity contribution >= 4 is 5.91 Å². The number of aromatic nitrogens is 2. The second-order valence-electron chi connectivity index (χ2n) is 7.43. The van der Waals surface area contributed by atoms with Crippen molar-refractivity contribution in [1.82, 2.24) is 20.4 Å². The highest BCUT2D eigenvalue weighted by molar-refractivity contribution is 5.92. The third-order valence-corrected chi connectivity index (χ3v) is 5.24. The van der Waals surface area contributed by atoms with Crippen molar-refractivity contribution < 1.29 is 4.79 Å². The van der Waals surface area contributed by atoms with Crippen LogP contribution >= 0.6 is 0 Å². The lowest BCUT2D eigenvalue weighted by atomic mass is 10.0. The Balaban J connectivity index is 1.35. The van der Waals surface area contributed by atoms with Crippen LogP contribution in [-0.2, 0) is 6.54 Å². The van der Waals surface area contributed by atoms with Gasteiger partial charge >= 0.3 is 0 Å². The van der Waals surface area contributed by atoms with E-state index in [1.165, 1.54) is 16.7 Å². The summed E-state index contributed by atoms with van der Waals surface area (Å²) in [6, 6.07) is 18.9. The molecule has 1 saturated heterocycles. The Morgan fingerprint density at radius 1 is 1.18 bits per heavy atom. The highest BCUT2D eigenvalue weighted by Crippen LogP contribution is 2.21. The quantitative estimate of drug-likeness (QED) is 0.716. The van der Waals surface area contributed by atoms with Crippen molar-refractivity contribution in [1.29, 1.82) is 0 Å². The molecule has 1 aliphatic heterocycles. The van der Waals surface area contributed by atoms with Crippen LogP contribution in [0.5, 0.6) is 0 Å². The van der Waals surface area contributed by atoms with E-state index in [2.05, 4.69) is 71.2 Å². The van der Waals surface area contributed by atoms with Crippen LogP contribution in [-0.4, -0.2) is 28.8 Å². The molecular formula is C23H26N4O. The maximum Gasteiger partial charge on any atom is 0.272 e. The monoisotopic (exact) mass is 374 g/mol. The molecule has 0 bridgehead atoms. The largest absolute Gasteiger partial charge is 0.347 e. The number of piperidine rings is 1. The van der Waals surface area contributed by atoms with Crippen LogP contribution in [0.25, 0.3) is 11.1 Å². The van der Waals surface area contributed by atoms with E-state index in [4.69, 9.17) is 0 Å². The lowest BCUT2D eigenvalue weighted by molar-refractivity contribution is 0.0944. The number of nitrogens with zero attached hydrogens (tertiary/aromatic N) is 2. The Hall–Kier alpha value is -2.92. The first kappa shape index (κ1) is 18.4. The summed E-state index contributed by atoms with van der Waals surface area (Å²) in [4.78, 5) is 12.4. The first-order valence-corrected chi connectivity index (χ1v) is 9.89. The average Bonchev–Trinajstić information content (AvgIpc) is 3.23. The van der Waals surface area contributed by atoms with Gasteiger partial charge in [0.2, 0.25) is 0 Å². The van der Waals surface area contributed by atoms with Gasteiger partial charge in [0.25, 0.3) is 5.91 Å². The van der Waals surface area contributed by atoms with Gasteiger partial charge < -0.3 is 10.6 Å². The Kier molecular flexibility index (Phi) is 5.53. The third kappa shape index (κ3) is 4.31. The molecule has 2 N–H and O–H groups in total. The molecule has 1 amide bonds. The molecule has 4 rings (SSSR count). The van der Waals surface area contributed by atoms with E-state index < -0.39 is 0 Å². The van der Waals surface area contributed by atoms with Crippen LogP contribution in [0.4, 0.5) is 0 Å². The second kappa shape index (κ2) is 8.40. The number of rotatable bonds is 5. The fourth-order valence-electron chi connectivity index (χ4n) is 3.63. The molecule has 5 heteroatoms. The highest BCUT2D eigenvalue weighted by atomic mass is 16.1. The van der Waals surface area contributed by atoms with E-state index in [1.807, 2.05) is 10.9 Å². The van der Waals surface area contributed by atoms with E-state index in [-0.39, 0.29) is 5.91 Å². The topological polar surface area (TPSA) is 59.0 Å². The molecule has 1 unspecified atom stereocenters. The van der Waals surface area contributed by atoms with Crippen LogP contribution in [0, 0.1) is 6.92 Å². The molecular weight excluding hydrogens is 348 g/mol. The average molecular weight is 374 g/mol. The molecule has 28 heavy (non-hydrogen) atoms. The number of benzene rings is 2. The molecule has 1 atom stereocenters. The van der Waals surface area contributed by atoms with Gasteiger partial charge in [-0.2, -0.15) is 5.10 Å². The van der Waals surface area contributed by atoms with E-state index in [9.17, 15) is 4.79 Å². The predicted molar refractivity (Wildman–Crippen MR) is 111 cm³/mol. The third-order valence-electron chi connectivity index (χ3n) is 5.24. The predicted octanol–water partition coefficient (Wildman–Crippen LogP) is 3.71. The molecule has 2 aromatic carbocycles. The first-order chi connectivity index (χ1) is 13.7. The Labute approximate surface area is 165 Å². The number of amides is 1. The van der Waals surface area contributed by atoms with Crippen LogP contribution in [0.1, 0.15) is 40.5 Å². The summed E-state index contributed by atoms with van der Waals surface area (Å²) >= 11 is 0. The maximum absolute atomic E-state index is 12.4. The summed E-state index contributed by atoms with van der Waals surface area (Å²) in [5.41, 5.74) is 5.18. The van der Waals surface area contributed by atoms with Gasteiger partial charge in [0.05, 0.1) is 6.04 Å². The normalized spacial score (nSPS) is 16.7. The SMILES string of the molecule is Cc1cccc(-c2ccc(CNC(=O)c3ccn(C4CCCNC4)n3)cc2)c1. The first-order valence-electron chi connectivity index (χ1n) is 9.89. The fraction of sp³-hybridized carbons (Fsp3) is 0.304. The molecule has 3 aromatic rings. The van der Waals surface area contributed by atoms with Gasteiger partial charge in [-0.1, -0.05) is 54.1 Å². The summed E-state index contributed by atoms with van der Waals surface area (Å²) in [6.45, 7) is 4.56. The van der Waals surface area contributed by atoms with Gasteiger partial charge in [0, 0.05) is 19.3 Å². The molecule has 1 aromatic heterocycles. The second-order valence-corrected chi connectivity index (χ2v) is 7.43. The zero-order valence-corrected chi connectivity index (χ0v) is 16.2. The highest BCUT2D eigenvalue weighted by Gasteiger charge is 2.17. The molecule has 1 fully saturated rings. The molecule has 144 valence electrons. The summed E-state index contributed by atoms with van der Waals surface area (Å²) in [5.74, 6) is -0.134. The zero-order chi connectivity index (χ0) is 19.3. The minimum Gasteiger partial charge on any atom is -0.347 e. The van der Waals surface area contributed by atoms with Crippen LogP contribution in [0.2, 0.25) is 0 Å². The fourth-order valence-corrected chi connectivity index (χ4v) is 3.63. The summed E-state index contributed by atoms with van der Waals surface area (Å²) in [7, 11) is 0. The summed E-state index contributed by atoms with van der Waals surface area (Å²) in [5, 5.41) is 10.8. The minimum absolute atomic E-state index is 0.134. The van der Waals surface area contributed by atoms with Gasteiger partial charge in [-0.05, 0) is 49.1 Å². The van der Waals surface area contributed by atoms with Gasteiger partial charge in [-0.15, -0.1) is 0 Å². The van der Waals surface area contributed by atoms with Crippen LogP contribution in [0.15, 0.2) is 60.8 Å². The molecule has 0 saturated carbocycles. The van der Waals surface area contributed by atoms with Crippen molar-refractivity contribution in [2.45, 2.75) is 32.4 Å². The number of hydrogen-bond donors (Lipinski definition) is 2. The maximum atomic E-state index is 12.4. The number of aryl methyl sites for hydroxylation is 1. The van der Waals surface area contributed by atoms with Gasteiger partial charge in [0.1, 0.15) is 5.69 Å². The van der Waals surface area contributed by atoms with Crippen molar-refractivity contribution in [3.8, 4) is 11.1 Å². The summed E-state index contributed by atoms with van der Waals surface area (Å²) < 4.78 is 1.91. The molecule has 2 heterocycles. The van der Waals surface area contributed by atoms with Gasteiger partial charge in [-0.3, -0.25) is 9.48 Å². The smallest absolute Gasteiger partial charge is 0.272 e. The van der Waals surface area contributed by atoms with E-state index in [0.717, 1.165) is 31.5 Å². The Morgan fingerprint density at radius 3 is 2.79 bits per heavy atom. The Bertz CT molecular complexity index is 939. The number of nitrogens with one attached hydrogen (secondary N) is 2. The van der Waals surface area contributed by atoms with Crippen molar-refractivity contribution in [2.75, 3.05) is 13.1 Å². The van der Waals surface area contributed by atoms with Crippen LogP contribution < -0.4 is 10.6 Å². The Morgan fingerprint density at radius 2 is 2.04 bits per heavy atom. The van der Waals surface area contributed by atoms with E-state index in [1.54, 1.807) is 6.07 Å². The lowest BCUT2D eigenvalue weighted by Crippen LogP contribution is -2.32.